The summed E-state index contributed by atoms with van der Waals surface area (Å²) in [6.45, 7) is 0. The van der Waals surface area contributed by atoms with Gasteiger partial charge in [-0.3, -0.25) is 0 Å². The maximum absolute atomic E-state index is 3.42. The first-order valence-electron chi connectivity index (χ1n) is 3.55. The van der Waals surface area contributed by atoms with Gasteiger partial charge in [0.1, 0.15) is 0 Å². The highest BCUT2D eigenvalue weighted by Crippen LogP contribution is 2.34. The first-order chi connectivity index (χ1) is 4.47. The first-order valence-corrected chi connectivity index (χ1v) is 3.55. The Labute approximate surface area is 56.3 Å². The van der Waals surface area contributed by atoms with Crippen LogP contribution in [0.25, 0.3) is 0 Å². The largest absolute Gasteiger partial charge is 0.0808 e. The predicted molar refractivity (Wildman–Crippen MR) is 37.7 cm³/mol. The predicted octanol–water partition coefficient (Wildman–Crippen LogP) is 2.22. The van der Waals surface area contributed by atoms with Gasteiger partial charge < -0.3 is 0 Å². The van der Waals surface area contributed by atoms with Gasteiger partial charge in [0.05, 0.1) is 0 Å². The second-order valence-electron chi connectivity index (χ2n) is 2.70. The van der Waals surface area contributed by atoms with Crippen molar-refractivity contribution in [3.05, 3.63) is 30.7 Å². The zero-order chi connectivity index (χ0) is 6.10. The standard InChI is InChI=1S/C9H10/c1-2-5-9-7-3-6-8(9)4-1/h1-2,4-5,8-9H,3,6H2. The highest BCUT2D eigenvalue weighted by atomic mass is 14.3. The van der Waals surface area contributed by atoms with Crippen molar-refractivity contribution in [3.63, 3.8) is 0 Å². The number of rotatable bonds is 0. The minimum atomic E-state index is 0.648. The van der Waals surface area contributed by atoms with E-state index in [1.807, 2.05) is 0 Å². The zero-order valence-corrected chi connectivity index (χ0v) is 5.38. The van der Waals surface area contributed by atoms with E-state index in [9.17, 15) is 0 Å². The van der Waals surface area contributed by atoms with Crippen LogP contribution >= 0.6 is 0 Å². The molecule has 0 bridgehead atoms. The summed E-state index contributed by atoms with van der Waals surface area (Å²) in [6, 6.07) is 0. The molecule has 0 amide bonds. The Morgan fingerprint density at radius 1 is 1.22 bits per heavy atom. The third kappa shape index (κ3) is 0.827. The van der Waals surface area contributed by atoms with E-state index >= 15 is 0 Å². The fourth-order valence-corrected chi connectivity index (χ4v) is 1.57. The third-order valence-corrected chi connectivity index (χ3v) is 2.11. The molecule has 2 rings (SSSR count). The van der Waals surface area contributed by atoms with Crippen molar-refractivity contribution < 1.29 is 0 Å². The van der Waals surface area contributed by atoms with Gasteiger partial charge >= 0.3 is 0 Å². The Hall–Kier alpha value is -0.520. The fraction of sp³-hybridized carbons (Fsp3) is 0.444. The molecular formula is C9H10. The highest BCUT2D eigenvalue weighted by molar-refractivity contribution is 5.19. The number of fused-ring (bicyclic) bond motifs is 1. The van der Waals surface area contributed by atoms with Crippen molar-refractivity contribution in [2.75, 3.05) is 0 Å². The summed E-state index contributed by atoms with van der Waals surface area (Å²) in [4.78, 5) is 0. The Balaban J connectivity index is 2.18. The highest BCUT2D eigenvalue weighted by Gasteiger charge is 2.24. The van der Waals surface area contributed by atoms with Gasteiger partial charge in [-0.25, -0.2) is 0 Å². The lowest BCUT2D eigenvalue weighted by Gasteiger charge is -2.12. The molecule has 0 heteroatoms. The molecule has 0 aromatic rings. The van der Waals surface area contributed by atoms with E-state index in [4.69, 9.17) is 0 Å². The molecule has 2 unspecified atom stereocenters. The monoisotopic (exact) mass is 118 g/mol. The van der Waals surface area contributed by atoms with Crippen LogP contribution in [0.1, 0.15) is 12.8 Å². The fourth-order valence-electron chi connectivity index (χ4n) is 1.57. The SMILES string of the molecule is [C]1CCC2C=CC=CC12. The molecule has 1 saturated carbocycles. The number of hydrogen-bond acceptors (Lipinski definition) is 0. The lowest BCUT2D eigenvalue weighted by molar-refractivity contribution is 0.588. The van der Waals surface area contributed by atoms with Gasteiger partial charge in [-0.05, 0) is 31.1 Å². The molecule has 9 heavy (non-hydrogen) atoms. The Morgan fingerprint density at radius 3 is 3.00 bits per heavy atom. The van der Waals surface area contributed by atoms with Crippen LogP contribution in [0.2, 0.25) is 0 Å². The average Bonchev–Trinajstić information content (AvgIpc) is 2.33. The molecule has 0 spiro atoms. The summed E-state index contributed by atoms with van der Waals surface area (Å²) in [6.07, 6.45) is 14.7. The molecule has 0 N–H and O–H groups in total. The molecule has 46 valence electrons. The second-order valence-corrected chi connectivity index (χ2v) is 2.70. The van der Waals surface area contributed by atoms with E-state index in [0.717, 1.165) is 5.92 Å². The van der Waals surface area contributed by atoms with E-state index in [0.29, 0.717) is 5.92 Å². The summed E-state index contributed by atoms with van der Waals surface area (Å²) in [7, 11) is 0. The number of hydrogen-bond donors (Lipinski definition) is 0. The van der Waals surface area contributed by atoms with Crippen LogP contribution in [-0.4, -0.2) is 0 Å². The minimum Gasteiger partial charge on any atom is -0.0808 e. The molecule has 2 aliphatic rings. The van der Waals surface area contributed by atoms with E-state index in [-0.39, 0.29) is 0 Å². The van der Waals surface area contributed by atoms with Crippen molar-refractivity contribution >= 4 is 0 Å². The normalized spacial score (nSPS) is 39.1. The third-order valence-electron chi connectivity index (χ3n) is 2.11. The van der Waals surface area contributed by atoms with Crippen LogP contribution in [-0.2, 0) is 0 Å². The molecule has 0 aromatic carbocycles. The Morgan fingerprint density at radius 2 is 2.11 bits per heavy atom. The van der Waals surface area contributed by atoms with Crippen molar-refractivity contribution in [1.29, 1.82) is 0 Å². The smallest absolute Gasteiger partial charge is 0.00926 e. The van der Waals surface area contributed by atoms with Crippen molar-refractivity contribution in [1.82, 2.24) is 0 Å². The van der Waals surface area contributed by atoms with Crippen LogP contribution in [0.3, 0.4) is 0 Å². The van der Waals surface area contributed by atoms with Crippen LogP contribution < -0.4 is 0 Å². The molecule has 0 aromatic heterocycles. The lowest BCUT2D eigenvalue weighted by atomic mass is 9.92. The number of allylic oxidation sites excluding steroid dienone is 4. The molecule has 0 saturated heterocycles. The van der Waals surface area contributed by atoms with Crippen LogP contribution in [0.4, 0.5) is 0 Å². The maximum atomic E-state index is 3.42. The van der Waals surface area contributed by atoms with Crippen molar-refractivity contribution in [2.24, 2.45) is 11.8 Å². The minimum absolute atomic E-state index is 0.648. The van der Waals surface area contributed by atoms with Crippen molar-refractivity contribution in [2.45, 2.75) is 12.8 Å². The van der Waals surface area contributed by atoms with E-state index < -0.39 is 0 Å². The average molecular weight is 118 g/mol. The molecule has 2 radical (unpaired) electrons. The Kier molecular flexibility index (Phi) is 1.18. The van der Waals surface area contributed by atoms with E-state index in [1.165, 1.54) is 12.8 Å². The summed E-state index contributed by atoms with van der Waals surface area (Å²) < 4.78 is 0. The summed E-state index contributed by atoms with van der Waals surface area (Å²) in [5, 5.41) is 0. The Bertz CT molecular complexity index is 135. The van der Waals surface area contributed by atoms with Crippen LogP contribution in [0, 0.1) is 18.3 Å². The quantitative estimate of drug-likeness (QED) is 0.457. The van der Waals surface area contributed by atoms with Gasteiger partial charge in [0.2, 0.25) is 0 Å². The van der Waals surface area contributed by atoms with Gasteiger partial charge in [0.25, 0.3) is 0 Å². The van der Waals surface area contributed by atoms with Crippen LogP contribution in [0.5, 0.6) is 0 Å². The molecule has 2 atom stereocenters. The summed E-state index contributed by atoms with van der Waals surface area (Å²) >= 11 is 0. The summed E-state index contributed by atoms with van der Waals surface area (Å²) in [5.41, 5.74) is 0. The van der Waals surface area contributed by atoms with E-state index in [2.05, 4.69) is 30.7 Å². The first kappa shape index (κ1) is 5.28. The van der Waals surface area contributed by atoms with Gasteiger partial charge in [-0.15, -0.1) is 0 Å². The van der Waals surface area contributed by atoms with Gasteiger partial charge in [-0.1, -0.05) is 24.3 Å². The maximum Gasteiger partial charge on any atom is -0.00926 e. The second kappa shape index (κ2) is 2.02. The van der Waals surface area contributed by atoms with Crippen molar-refractivity contribution in [3.8, 4) is 0 Å². The van der Waals surface area contributed by atoms with Gasteiger partial charge in [0, 0.05) is 0 Å². The molecule has 0 nitrogen and oxygen atoms in total. The van der Waals surface area contributed by atoms with E-state index in [1.54, 1.807) is 0 Å². The zero-order valence-electron chi connectivity index (χ0n) is 5.38. The molecular weight excluding hydrogens is 108 g/mol. The van der Waals surface area contributed by atoms with Gasteiger partial charge in [0.15, 0.2) is 0 Å². The van der Waals surface area contributed by atoms with Gasteiger partial charge in [-0.2, -0.15) is 0 Å². The molecule has 0 heterocycles. The van der Waals surface area contributed by atoms with Crippen LogP contribution in [0.15, 0.2) is 24.3 Å². The summed E-state index contributed by atoms with van der Waals surface area (Å²) in [5.74, 6) is 1.44. The molecule has 0 aliphatic heterocycles. The topological polar surface area (TPSA) is 0 Å². The molecule has 2 aliphatic carbocycles. The molecule has 1 fully saturated rings. The lowest BCUT2D eigenvalue weighted by Crippen LogP contribution is -2.03.